The van der Waals surface area contributed by atoms with E-state index in [1.807, 2.05) is 18.2 Å². The van der Waals surface area contributed by atoms with E-state index in [0.29, 0.717) is 6.54 Å². The van der Waals surface area contributed by atoms with E-state index in [1.165, 1.54) is 16.7 Å². The number of aryl methyl sites for hydroxylation is 2. The topological polar surface area (TPSA) is 35.2 Å². The van der Waals surface area contributed by atoms with E-state index in [9.17, 15) is 0 Å². The van der Waals surface area contributed by atoms with Crippen molar-refractivity contribution in [2.45, 2.75) is 26.3 Å². The Morgan fingerprint density at radius 2 is 1.84 bits per heavy atom. The minimum Gasteiger partial charge on any atom is -0.494 e. The van der Waals surface area contributed by atoms with E-state index >= 15 is 0 Å². The molecular formula is C17H21NO. The van der Waals surface area contributed by atoms with Gasteiger partial charge in [-0.1, -0.05) is 36.4 Å². The van der Waals surface area contributed by atoms with E-state index in [1.54, 1.807) is 0 Å². The minimum absolute atomic E-state index is 0.583. The molecule has 0 saturated carbocycles. The van der Waals surface area contributed by atoms with Crippen LogP contribution in [0.5, 0.6) is 5.75 Å². The number of rotatable bonds is 6. The minimum atomic E-state index is 0.583. The molecule has 2 nitrogen and oxygen atoms in total. The highest BCUT2D eigenvalue weighted by molar-refractivity contribution is 5.34. The van der Waals surface area contributed by atoms with Crippen LogP contribution < -0.4 is 10.5 Å². The molecule has 100 valence electrons. The number of nitrogens with two attached hydrogens (primary N) is 1. The average molecular weight is 255 g/mol. The van der Waals surface area contributed by atoms with Crippen LogP contribution in [0.4, 0.5) is 0 Å². The summed E-state index contributed by atoms with van der Waals surface area (Å²) in [5.74, 6) is 0.933. The Labute approximate surface area is 115 Å². The monoisotopic (exact) mass is 255 g/mol. The second-order valence-electron chi connectivity index (χ2n) is 4.73. The van der Waals surface area contributed by atoms with Gasteiger partial charge < -0.3 is 10.5 Å². The molecule has 0 aliphatic rings. The fourth-order valence-corrected chi connectivity index (χ4v) is 2.10. The summed E-state index contributed by atoms with van der Waals surface area (Å²) in [7, 11) is 0. The van der Waals surface area contributed by atoms with Crippen LogP contribution in [-0.2, 0) is 13.0 Å². The quantitative estimate of drug-likeness (QED) is 0.802. The van der Waals surface area contributed by atoms with Gasteiger partial charge in [0.1, 0.15) is 5.75 Å². The largest absolute Gasteiger partial charge is 0.494 e. The fraction of sp³-hybridized carbons (Fsp3) is 0.294. The van der Waals surface area contributed by atoms with Crippen molar-refractivity contribution >= 4 is 0 Å². The molecule has 0 atom stereocenters. The van der Waals surface area contributed by atoms with Crippen molar-refractivity contribution in [2.75, 3.05) is 6.61 Å². The molecule has 0 heterocycles. The molecule has 2 N–H and O–H groups in total. The normalized spacial score (nSPS) is 10.4. The van der Waals surface area contributed by atoms with Gasteiger partial charge in [-0.2, -0.15) is 0 Å². The van der Waals surface area contributed by atoms with Crippen LogP contribution in [0, 0.1) is 6.92 Å². The zero-order valence-electron chi connectivity index (χ0n) is 11.4. The maximum Gasteiger partial charge on any atom is 0.119 e. The number of ether oxygens (including phenoxy) is 1. The van der Waals surface area contributed by atoms with E-state index in [0.717, 1.165) is 25.2 Å². The maximum atomic E-state index is 5.77. The van der Waals surface area contributed by atoms with Gasteiger partial charge in [-0.05, 0) is 48.6 Å². The molecule has 0 spiro atoms. The molecule has 2 aromatic carbocycles. The van der Waals surface area contributed by atoms with Crippen LogP contribution in [0.3, 0.4) is 0 Å². The Balaban J connectivity index is 1.78. The van der Waals surface area contributed by atoms with Crippen LogP contribution in [0.25, 0.3) is 0 Å². The molecule has 2 heteroatoms. The highest BCUT2D eigenvalue weighted by Gasteiger charge is 1.99. The van der Waals surface area contributed by atoms with Crippen LogP contribution in [0.15, 0.2) is 48.5 Å². The lowest BCUT2D eigenvalue weighted by Gasteiger charge is -2.09. The first-order chi connectivity index (χ1) is 9.29. The molecule has 0 bridgehead atoms. The summed E-state index contributed by atoms with van der Waals surface area (Å²) in [4.78, 5) is 0. The van der Waals surface area contributed by atoms with Crippen molar-refractivity contribution in [2.24, 2.45) is 5.73 Å². The van der Waals surface area contributed by atoms with E-state index < -0.39 is 0 Å². The van der Waals surface area contributed by atoms with Gasteiger partial charge in [0.2, 0.25) is 0 Å². The third kappa shape index (κ3) is 4.11. The Bertz CT molecular complexity index is 508. The average Bonchev–Trinajstić information content (AvgIpc) is 2.45. The summed E-state index contributed by atoms with van der Waals surface area (Å²) in [6.45, 7) is 3.40. The van der Waals surface area contributed by atoms with E-state index in [4.69, 9.17) is 10.5 Å². The lowest BCUT2D eigenvalue weighted by atomic mass is 10.1. The zero-order valence-corrected chi connectivity index (χ0v) is 11.4. The molecule has 0 aromatic heterocycles. The lowest BCUT2D eigenvalue weighted by molar-refractivity contribution is 0.311. The summed E-state index contributed by atoms with van der Waals surface area (Å²) in [6, 6.07) is 16.6. The van der Waals surface area contributed by atoms with Crippen molar-refractivity contribution < 1.29 is 4.74 Å². The van der Waals surface area contributed by atoms with Crippen molar-refractivity contribution in [3.05, 3.63) is 65.2 Å². The van der Waals surface area contributed by atoms with E-state index in [2.05, 4.69) is 37.3 Å². The third-order valence-electron chi connectivity index (χ3n) is 3.26. The third-order valence-corrected chi connectivity index (χ3v) is 3.26. The van der Waals surface area contributed by atoms with Gasteiger partial charge in [-0.15, -0.1) is 0 Å². The van der Waals surface area contributed by atoms with Gasteiger partial charge in [0.05, 0.1) is 6.61 Å². The SMILES string of the molecule is Cc1cc(OCCCc2ccccc2)ccc1CN. The summed E-state index contributed by atoms with van der Waals surface area (Å²) >= 11 is 0. The molecule has 0 saturated heterocycles. The molecule has 19 heavy (non-hydrogen) atoms. The van der Waals surface area contributed by atoms with Crippen molar-refractivity contribution in [1.29, 1.82) is 0 Å². The molecule has 0 aliphatic heterocycles. The maximum absolute atomic E-state index is 5.77. The highest BCUT2D eigenvalue weighted by Crippen LogP contribution is 2.17. The van der Waals surface area contributed by atoms with Gasteiger partial charge in [0, 0.05) is 6.54 Å². The Hall–Kier alpha value is -1.80. The Morgan fingerprint density at radius 3 is 2.53 bits per heavy atom. The van der Waals surface area contributed by atoms with Gasteiger partial charge >= 0.3 is 0 Å². The number of benzene rings is 2. The number of hydrogen-bond acceptors (Lipinski definition) is 2. The summed E-state index contributed by atoms with van der Waals surface area (Å²) in [6.07, 6.45) is 2.09. The molecule has 0 unspecified atom stereocenters. The molecule has 0 amide bonds. The second kappa shape index (κ2) is 6.95. The van der Waals surface area contributed by atoms with Gasteiger partial charge in [0.15, 0.2) is 0 Å². The van der Waals surface area contributed by atoms with Gasteiger partial charge in [0.25, 0.3) is 0 Å². The summed E-state index contributed by atoms with van der Waals surface area (Å²) < 4.78 is 5.77. The predicted molar refractivity (Wildman–Crippen MR) is 79.3 cm³/mol. The molecule has 0 fully saturated rings. The van der Waals surface area contributed by atoms with Gasteiger partial charge in [-0.25, -0.2) is 0 Å². The smallest absolute Gasteiger partial charge is 0.119 e. The first-order valence-corrected chi connectivity index (χ1v) is 6.76. The summed E-state index contributed by atoms with van der Waals surface area (Å²) in [5, 5.41) is 0. The van der Waals surface area contributed by atoms with Crippen molar-refractivity contribution in [1.82, 2.24) is 0 Å². The van der Waals surface area contributed by atoms with Crippen LogP contribution in [-0.4, -0.2) is 6.61 Å². The van der Waals surface area contributed by atoms with Crippen LogP contribution in [0.2, 0.25) is 0 Å². The lowest BCUT2D eigenvalue weighted by Crippen LogP contribution is -2.02. The first kappa shape index (κ1) is 13.6. The molecule has 0 aliphatic carbocycles. The standard InChI is InChI=1S/C17H21NO/c1-14-12-17(10-9-16(14)13-18)19-11-5-8-15-6-3-2-4-7-15/h2-4,6-7,9-10,12H,5,8,11,13,18H2,1H3. The van der Waals surface area contributed by atoms with Crippen molar-refractivity contribution in [3.8, 4) is 5.75 Å². The van der Waals surface area contributed by atoms with Crippen LogP contribution in [0.1, 0.15) is 23.1 Å². The molecule has 2 aromatic rings. The molecular weight excluding hydrogens is 234 g/mol. The fourth-order valence-electron chi connectivity index (χ4n) is 2.10. The van der Waals surface area contributed by atoms with Crippen molar-refractivity contribution in [3.63, 3.8) is 0 Å². The Kier molecular flexibility index (Phi) is 4.99. The predicted octanol–water partition coefficient (Wildman–Crippen LogP) is 3.47. The highest BCUT2D eigenvalue weighted by atomic mass is 16.5. The van der Waals surface area contributed by atoms with Crippen LogP contribution >= 0.6 is 0 Å². The Morgan fingerprint density at radius 1 is 1.05 bits per heavy atom. The molecule has 0 radical (unpaired) electrons. The van der Waals surface area contributed by atoms with E-state index in [-0.39, 0.29) is 0 Å². The first-order valence-electron chi connectivity index (χ1n) is 6.76. The van der Waals surface area contributed by atoms with Gasteiger partial charge in [-0.3, -0.25) is 0 Å². The summed E-state index contributed by atoms with van der Waals surface area (Å²) in [5.41, 5.74) is 9.38. The second-order valence-corrected chi connectivity index (χ2v) is 4.73. The molecule has 2 rings (SSSR count). The zero-order chi connectivity index (χ0) is 13.5. The number of hydrogen-bond donors (Lipinski definition) is 1.